The quantitative estimate of drug-likeness (QED) is 0.543. The van der Waals surface area contributed by atoms with Gasteiger partial charge < -0.3 is 9.47 Å². The zero-order chi connectivity index (χ0) is 9.45. The van der Waals surface area contributed by atoms with E-state index in [1.165, 1.54) is 0 Å². The summed E-state index contributed by atoms with van der Waals surface area (Å²) in [5.41, 5.74) is 0. The van der Waals surface area contributed by atoms with Crippen LogP contribution < -0.4 is 0 Å². The van der Waals surface area contributed by atoms with E-state index in [2.05, 4.69) is 6.58 Å². The zero-order valence-corrected chi connectivity index (χ0v) is 7.97. The lowest BCUT2D eigenvalue weighted by atomic mass is 10.7. The number of rotatable bonds is 7. The van der Waals surface area contributed by atoms with E-state index in [0.717, 1.165) is 5.41 Å². The van der Waals surface area contributed by atoms with Crippen molar-refractivity contribution in [2.45, 2.75) is 0 Å². The second kappa shape index (κ2) is 6.16. The Hall–Kier alpha value is -0.390. The minimum absolute atomic E-state index is 0.0137. The van der Waals surface area contributed by atoms with Gasteiger partial charge in [0.05, 0.1) is 25.6 Å². The van der Waals surface area contributed by atoms with Crippen LogP contribution in [0.5, 0.6) is 0 Å². The van der Waals surface area contributed by atoms with Gasteiger partial charge in [0.15, 0.2) is 9.84 Å². The van der Waals surface area contributed by atoms with Gasteiger partial charge >= 0.3 is 0 Å². The average Bonchev–Trinajstić information content (AvgIpc) is 2.04. The van der Waals surface area contributed by atoms with Gasteiger partial charge in [-0.15, -0.1) is 0 Å². The molecule has 0 aromatic heterocycles. The van der Waals surface area contributed by atoms with Crippen LogP contribution in [0.15, 0.2) is 12.0 Å². The maximum Gasteiger partial charge on any atom is 0.173 e. The van der Waals surface area contributed by atoms with Crippen molar-refractivity contribution < 1.29 is 17.9 Å². The summed E-state index contributed by atoms with van der Waals surface area (Å²) in [6.45, 7) is 4.27. The summed E-state index contributed by atoms with van der Waals surface area (Å²) < 4.78 is 31.3. The SMILES string of the molecule is C=CS(=O)(=O)CCOCCOC. The van der Waals surface area contributed by atoms with E-state index >= 15 is 0 Å². The largest absolute Gasteiger partial charge is 0.382 e. The standard InChI is InChI=1S/C7H14O4S/c1-3-12(8,9)7-6-11-5-4-10-2/h3H,1,4-7H2,2H3. The number of methoxy groups -OCH3 is 1. The molecule has 4 nitrogen and oxygen atoms in total. The smallest absolute Gasteiger partial charge is 0.173 e. The molecule has 0 aromatic rings. The lowest BCUT2D eigenvalue weighted by Crippen LogP contribution is -2.11. The number of ether oxygens (including phenoxy) is 2. The summed E-state index contributed by atoms with van der Waals surface area (Å²) in [4.78, 5) is 0. The molecule has 0 unspecified atom stereocenters. The molecule has 0 aromatic carbocycles. The fourth-order valence-electron chi connectivity index (χ4n) is 0.503. The first-order valence-corrected chi connectivity index (χ1v) is 5.26. The third-order valence-electron chi connectivity index (χ3n) is 1.20. The van der Waals surface area contributed by atoms with Crippen molar-refractivity contribution in [1.82, 2.24) is 0 Å². The first-order valence-electron chi connectivity index (χ1n) is 3.54. The van der Waals surface area contributed by atoms with Crippen LogP contribution in [0, 0.1) is 0 Å². The van der Waals surface area contributed by atoms with Crippen molar-refractivity contribution in [3.8, 4) is 0 Å². The second-order valence-corrected chi connectivity index (χ2v) is 4.21. The van der Waals surface area contributed by atoms with E-state index in [4.69, 9.17) is 9.47 Å². The molecule has 0 fully saturated rings. The molecule has 0 heterocycles. The minimum atomic E-state index is -3.11. The molecule has 0 radical (unpaired) electrons. The Morgan fingerprint density at radius 3 is 2.50 bits per heavy atom. The van der Waals surface area contributed by atoms with Crippen LogP contribution in [0.25, 0.3) is 0 Å². The molecule has 0 spiro atoms. The van der Waals surface area contributed by atoms with Crippen LogP contribution in [0.1, 0.15) is 0 Å². The van der Waals surface area contributed by atoms with Gasteiger partial charge in [-0.05, 0) is 0 Å². The maximum absolute atomic E-state index is 10.8. The van der Waals surface area contributed by atoms with Gasteiger partial charge in [0.1, 0.15) is 0 Å². The summed E-state index contributed by atoms with van der Waals surface area (Å²) in [5, 5.41) is 0.937. The molecule has 0 aliphatic carbocycles. The predicted molar refractivity (Wildman–Crippen MR) is 46.7 cm³/mol. The second-order valence-electron chi connectivity index (χ2n) is 2.14. The number of hydrogen-bond donors (Lipinski definition) is 0. The van der Waals surface area contributed by atoms with E-state index in [9.17, 15) is 8.42 Å². The molecule has 0 aliphatic heterocycles. The zero-order valence-electron chi connectivity index (χ0n) is 7.15. The molecule has 0 atom stereocenters. The van der Waals surface area contributed by atoms with Crippen molar-refractivity contribution in [2.24, 2.45) is 0 Å². The summed E-state index contributed by atoms with van der Waals surface area (Å²) >= 11 is 0. The lowest BCUT2D eigenvalue weighted by molar-refractivity contribution is 0.0786. The Balaban J connectivity index is 3.38. The Morgan fingerprint density at radius 1 is 1.33 bits per heavy atom. The predicted octanol–water partition coefficient (Wildman–Crippen LogP) is 0.208. The number of hydrogen-bond acceptors (Lipinski definition) is 4. The van der Waals surface area contributed by atoms with Crippen molar-refractivity contribution in [2.75, 3.05) is 32.7 Å². The van der Waals surface area contributed by atoms with E-state index in [1.807, 2.05) is 0 Å². The highest BCUT2D eigenvalue weighted by Gasteiger charge is 2.03. The molecular weight excluding hydrogens is 180 g/mol. The minimum Gasteiger partial charge on any atom is -0.382 e. The summed E-state index contributed by atoms with van der Waals surface area (Å²) in [5.74, 6) is -0.0137. The Morgan fingerprint density at radius 2 is 2.00 bits per heavy atom. The molecule has 0 rings (SSSR count). The maximum atomic E-state index is 10.8. The Kier molecular flexibility index (Phi) is 5.96. The van der Waals surface area contributed by atoms with Crippen LogP contribution >= 0.6 is 0 Å². The Labute approximate surface area is 73.1 Å². The normalized spacial score (nSPS) is 11.4. The monoisotopic (exact) mass is 194 g/mol. The number of sulfone groups is 1. The molecular formula is C7H14O4S. The van der Waals surface area contributed by atoms with Crippen LogP contribution in [0.3, 0.4) is 0 Å². The van der Waals surface area contributed by atoms with Crippen molar-refractivity contribution in [3.05, 3.63) is 12.0 Å². The van der Waals surface area contributed by atoms with Gasteiger partial charge in [-0.3, -0.25) is 0 Å². The lowest BCUT2D eigenvalue weighted by Gasteiger charge is -2.01. The van der Waals surface area contributed by atoms with Gasteiger partial charge in [0.2, 0.25) is 0 Å². The van der Waals surface area contributed by atoms with Gasteiger partial charge in [-0.1, -0.05) is 6.58 Å². The Bertz CT molecular complexity index is 207. The highest BCUT2D eigenvalue weighted by Crippen LogP contribution is 1.90. The van der Waals surface area contributed by atoms with Crippen LogP contribution in [-0.4, -0.2) is 41.1 Å². The van der Waals surface area contributed by atoms with Crippen LogP contribution in [-0.2, 0) is 19.3 Å². The molecule has 0 aliphatic rings. The molecule has 0 N–H and O–H groups in total. The summed E-state index contributed by atoms with van der Waals surface area (Å²) in [7, 11) is -1.55. The van der Waals surface area contributed by atoms with E-state index in [-0.39, 0.29) is 12.4 Å². The van der Waals surface area contributed by atoms with Crippen molar-refractivity contribution in [1.29, 1.82) is 0 Å². The summed E-state index contributed by atoms with van der Waals surface area (Å²) in [6.07, 6.45) is 0. The molecule has 72 valence electrons. The van der Waals surface area contributed by atoms with Crippen molar-refractivity contribution >= 4 is 9.84 Å². The van der Waals surface area contributed by atoms with E-state index in [0.29, 0.717) is 13.2 Å². The first-order chi connectivity index (χ1) is 5.62. The van der Waals surface area contributed by atoms with Gasteiger partial charge in [-0.2, -0.15) is 0 Å². The first kappa shape index (κ1) is 11.6. The van der Waals surface area contributed by atoms with E-state index in [1.54, 1.807) is 7.11 Å². The van der Waals surface area contributed by atoms with Crippen LogP contribution in [0.4, 0.5) is 0 Å². The van der Waals surface area contributed by atoms with Gasteiger partial charge in [-0.25, -0.2) is 8.42 Å². The van der Waals surface area contributed by atoms with Gasteiger partial charge in [0, 0.05) is 12.5 Å². The molecule has 0 saturated heterocycles. The molecule has 0 amide bonds. The van der Waals surface area contributed by atoms with E-state index < -0.39 is 9.84 Å². The fraction of sp³-hybridized carbons (Fsp3) is 0.714. The molecule has 0 bridgehead atoms. The molecule has 12 heavy (non-hydrogen) atoms. The third kappa shape index (κ3) is 6.33. The molecule has 5 heteroatoms. The summed E-state index contributed by atoms with van der Waals surface area (Å²) in [6, 6.07) is 0. The van der Waals surface area contributed by atoms with Gasteiger partial charge in [0.25, 0.3) is 0 Å². The highest BCUT2D eigenvalue weighted by atomic mass is 32.2. The highest BCUT2D eigenvalue weighted by molar-refractivity contribution is 7.94. The third-order valence-corrected chi connectivity index (χ3v) is 2.44. The topological polar surface area (TPSA) is 52.6 Å². The average molecular weight is 194 g/mol. The molecule has 0 saturated carbocycles. The van der Waals surface area contributed by atoms with Crippen molar-refractivity contribution in [3.63, 3.8) is 0 Å². The van der Waals surface area contributed by atoms with Crippen LogP contribution in [0.2, 0.25) is 0 Å². The fourth-order valence-corrected chi connectivity index (χ4v) is 1.02.